The molecule has 2 heterocycles. The number of fused-ring (bicyclic) bond motifs is 1. The maximum atomic E-state index is 12.6. The van der Waals surface area contributed by atoms with Gasteiger partial charge in [0.1, 0.15) is 0 Å². The first kappa shape index (κ1) is 14.9. The van der Waals surface area contributed by atoms with E-state index in [1.807, 2.05) is 36.9 Å². The van der Waals surface area contributed by atoms with E-state index < -0.39 is 0 Å². The number of likely N-dealkylation sites (tertiary alicyclic amines) is 1. The van der Waals surface area contributed by atoms with Crippen LogP contribution in [0.5, 0.6) is 0 Å². The Labute approximate surface area is 130 Å². The van der Waals surface area contributed by atoms with Crippen LogP contribution in [0.3, 0.4) is 0 Å². The van der Waals surface area contributed by atoms with Crippen LogP contribution < -0.4 is 0 Å². The van der Waals surface area contributed by atoms with Crippen LogP contribution in [0.4, 0.5) is 0 Å². The molecule has 0 unspecified atom stereocenters. The predicted octanol–water partition coefficient (Wildman–Crippen LogP) is 2.50. The highest BCUT2D eigenvalue weighted by atomic mass is 16.5. The van der Waals surface area contributed by atoms with Crippen LogP contribution in [-0.4, -0.2) is 47.1 Å². The monoisotopic (exact) mass is 299 g/mol. The number of piperidine rings is 1. The Bertz CT molecular complexity index is 706. The summed E-state index contributed by atoms with van der Waals surface area (Å²) in [5.74, 6) is 0.0662. The molecule has 1 fully saturated rings. The first-order chi connectivity index (χ1) is 10.6. The van der Waals surface area contributed by atoms with Crippen molar-refractivity contribution in [1.82, 2.24) is 14.9 Å². The molecule has 3 rings (SSSR count). The summed E-state index contributed by atoms with van der Waals surface area (Å²) in [6.45, 7) is 5.37. The number of hydrogen-bond donors (Lipinski definition) is 0. The van der Waals surface area contributed by atoms with Gasteiger partial charge < -0.3 is 9.64 Å². The smallest absolute Gasteiger partial charge is 0.253 e. The number of carbonyl (C=O) groups excluding carboxylic acids is 1. The highest BCUT2D eigenvalue weighted by Crippen LogP contribution is 2.19. The van der Waals surface area contributed by atoms with Gasteiger partial charge in [0.05, 0.1) is 28.5 Å². The molecule has 1 amide bonds. The third-order valence-corrected chi connectivity index (χ3v) is 4.38. The summed E-state index contributed by atoms with van der Waals surface area (Å²) in [5, 5.41) is 0. The summed E-state index contributed by atoms with van der Waals surface area (Å²) < 4.78 is 5.35. The zero-order valence-corrected chi connectivity index (χ0v) is 13.3. The number of aromatic nitrogens is 2. The molecule has 0 spiro atoms. The summed E-state index contributed by atoms with van der Waals surface area (Å²) >= 11 is 0. The molecule has 22 heavy (non-hydrogen) atoms. The van der Waals surface area contributed by atoms with E-state index in [1.54, 1.807) is 7.11 Å². The number of amides is 1. The minimum Gasteiger partial charge on any atom is -0.381 e. The van der Waals surface area contributed by atoms with Gasteiger partial charge in [-0.25, -0.2) is 9.97 Å². The van der Waals surface area contributed by atoms with E-state index in [-0.39, 0.29) is 12.0 Å². The summed E-state index contributed by atoms with van der Waals surface area (Å²) in [6.07, 6.45) is 2.07. The number of nitrogens with zero attached hydrogens (tertiary/aromatic N) is 3. The standard InChI is InChI=1S/C17H21N3O2/c1-11-12(2)19-16-10-13(4-5-15(16)18-11)17(21)20-8-6-14(22-3)7-9-20/h4-5,10,14H,6-9H2,1-3H3. The van der Waals surface area contributed by atoms with E-state index in [0.29, 0.717) is 5.56 Å². The van der Waals surface area contributed by atoms with Gasteiger partial charge in [-0.15, -0.1) is 0 Å². The normalized spacial score (nSPS) is 16.2. The van der Waals surface area contributed by atoms with Crippen molar-refractivity contribution >= 4 is 16.9 Å². The molecule has 0 atom stereocenters. The van der Waals surface area contributed by atoms with Crippen molar-refractivity contribution in [3.63, 3.8) is 0 Å². The number of aryl methyl sites for hydroxylation is 2. The van der Waals surface area contributed by atoms with Crippen LogP contribution in [0.15, 0.2) is 18.2 Å². The summed E-state index contributed by atoms with van der Waals surface area (Å²) in [5.41, 5.74) is 4.12. The van der Waals surface area contributed by atoms with E-state index in [2.05, 4.69) is 9.97 Å². The molecule has 0 bridgehead atoms. The third-order valence-electron chi connectivity index (χ3n) is 4.38. The lowest BCUT2D eigenvalue weighted by Crippen LogP contribution is -2.40. The second kappa shape index (κ2) is 6.01. The quantitative estimate of drug-likeness (QED) is 0.855. The van der Waals surface area contributed by atoms with Gasteiger partial charge in [-0.2, -0.15) is 0 Å². The Balaban J connectivity index is 1.84. The number of rotatable bonds is 2. The molecule has 116 valence electrons. The molecule has 0 N–H and O–H groups in total. The largest absolute Gasteiger partial charge is 0.381 e. The van der Waals surface area contributed by atoms with Gasteiger partial charge in [-0.1, -0.05) is 0 Å². The summed E-state index contributed by atoms with van der Waals surface area (Å²) in [6, 6.07) is 5.57. The number of carbonyl (C=O) groups is 1. The lowest BCUT2D eigenvalue weighted by Gasteiger charge is -2.31. The average Bonchev–Trinajstić information content (AvgIpc) is 2.55. The van der Waals surface area contributed by atoms with Gasteiger partial charge in [0.2, 0.25) is 0 Å². The first-order valence-electron chi connectivity index (χ1n) is 7.65. The Morgan fingerprint density at radius 2 is 1.77 bits per heavy atom. The second-order valence-electron chi connectivity index (χ2n) is 5.83. The van der Waals surface area contributed by atoms with E-state index in [0.717, 1.165) is 48.4 Å². The molecule has 0 radical (unpaired) electrons. The van der Waals surface area contributed by atoms with E-state index in [9.17, 15) is 4.79 Å². The van der Waals surface area contributed by atoms with E-state index in [1.165, 1.54) is 0 Å². The predicted molar refractivity (Wildman–Crippen MR) is 84.9 cm³/mol. The molecular formula is C17H21N3O2. The Morgan fingerprint density at radius 1 is 1.14 bits per heavy atom. The van der Waals surface area contributed by atoms with Crippen LogP contribution in [-0.2, 0) is 4.74 Å². The topological polar surface area (TPSA) is 55.3 Å². The van der Waals surface area contributed by atoms with Crippen LogP contribution in [0.1, 0.15) is 34.6 Å². The van der Waals surface area contributed by atoms with Crippen molar-refractivity contribution in [1.29, 1.82) is 0 Å². The van der Waals surface area contributed by atoms with E-state index >= 15 is 0 Å². The van der Waals surface area contributed by atoms with Crippen LogP contribution in [0, 0.1) is 13.8 Å². The molecule has 0 aliphatic carbocycles. The minimum absolute atomic E-state index is 0.0662. The number of ether oxygens (including phenoxy) is 1. The van der Waals surface area contributed by atoms with Crippen molar-refractivity contribution in [2.75, 3.05) is 20.2 Å². The van der Waals surface area contributed by atoms with Gasteiger partial charge in [0.25, 0.3) is 5.91 Å². The Morgan fingerprint density at radius 3 is 2.41 bits per heavy atom. The Hall–Kier alpha value is -2.01. The summed E-state index contributed by atoms with van der Waals surface area (Å²) in [4.78, 5) is 23.6. The molecule has 5 nitrogen and oxygen atoms in total. The molecule has 5 heteroatoms. The highest BCUT2D eigenvalue weighted by Gasteiger charge is 2.23. The lowest BCUT2D eigenvalue weighted by molar-refractivity contribution is 0.0351. The maximum absolute atomic E-state index is 12.6. The molecule has 1 saturated heterocycles. The molecule has 1 aliphatic rings. The van der Waals surface area contributed by atoms with Crippen molar-refractivity contribution in [3.05, 3.63) is 35.2 Å². The molecule has 1 aliphatic heterocycles. The molecular weight excluding hydrogens is 278 g/mol. The lowest BCUT2D eigenvalue weighted by atomic mass is 10.1. The fraction of sp³-hybridized carbons (Fsp3) is 0.471. The number of hydrogen-bond acceptors (Lipinski definition) is 4. The van der Waals surface area contributed by atoms with Gasteiger partial charge in [0, 0.05) is 25.8 Å². The fourth-order valence-corrected chi connectivity index (χ4v) is 2.84. The van der Waals surface area contributed by atoms with Gasteiger partial charge >= 0.3 is 0 Å². The number of methoxy groups -OCH3 is 1. The van der Waals surface area contributed by atoms with Crippen molar-refractivity contribution < 1.29 is 9.53 Å². The zero-order valence-electron chi connectivity index (χ0n) is 13.3. The highest BCUT2D eigenvalue weighted by molar-refractivity contribution is 5.97. The van der Waals surface area contributed by atoms with Crippen molar-refractivity contribution in [2.45, 2.75) is 32.8 Å². The van der Waals surface area contributed by atoms with E-state index in [4.69, 9.17) is 4.74 Å². The number of benzene rings is 1. The van der Waals surface area contributed by atoms with Gasteiger partial charge in [-0.3, -0.25) is 4.79 Å². The minimum atomic E-state index is 0.0662. The summed E-state index contributed by atoms with van der Waals surface area (Å²) in [7, 11) is 1.73. The first-order valence-corrected chi connectivity index (χ1v) is 7.65. The maximum Gasteiger partial charge on any atom is 0.253 e. The van der Waals surface area contributed by atoms with Gasteiger partial charge in [-0.05, 0) is 44.9 Å². The van der Waals surface area contributed by atoms with Crippen molar-refractivity contribution in [3.8, 4) is 0 Å². The second-order valence-corrected chi connectivity index (χ2v) is 5.83. The zero-order chi connectivity index (χ0) is 15.7. The van der Waals surface area contributed by atoms with Crippen LogP contribution in [0.2, 0.25) is 0 Å². The molecule has 0 saturated carbocycles. The SMILES string of the molecule is COC1CCN(C(=O)c2ccc3nc(C)c(C)nc3c2)CC1. The van der Waals surface area contributed by atoms with Crippen molar-refractivity contribution in [2.24, 2.45) is 0 Å². The van der Waals surface area contributed by atoms with Crippen LogP contribution in [0.25, 0.3) is 11.0 Å². The Kier molecular flexibility index (Phi) is 4.07. The molecule has 1 aromatic heterocycles. The van der Waals surface area contributed by atoms with Crippen LogP contribution >= 0.6 is 0 Å². The third kappa shape index (κ3) is 2.81. The van der Waals surface area contributed by atoms with Gasteiger partial charge in [0.15, 0.2) is 0 Å². The fourth-order valence-electron chi connectivity index (χ4n) is 2.84. The molecule has 1 aromatic carbocycles. The molecule has 2 aromatic rings. The average molecular weight is 299 g/mol.